The van der Waals surface area contributed by atoms with Gasteiger partial charge in [0.1, 0.15) is 17.9 Å². The summed E-state index contributed by atoms with van der Waals surface area (Å²) < 4.78 is 7.05. The summed E-state index contributed by atoms with van der Waals surface area (Å²) in [6.45, 7) is 0. The van der Waals surface area contributed by atoms with Gasteiger partial charge in [-0.05, 0) is 29.8 Å². The van der Waals surface area contributed by atoms with Crippen LogP contribution in [0.5, 0.6) is 5.75 Å². The molecule has 4 heterocycles. The fourth-order valence-electron chi connectivity index (χ4n) is 3.34. The summed E-state index contributed by atoms with van der Waals surface area (Å²) in [5.74, 6) is 1.64. The number of nitrogens with two attached hydrogens (primary N) is 1. The molecule has 1 aromatic carbocycles. The summed E-state index contributed by atoms with van der Waals surface area (Å²) in [6.07, 6.45) is 8.61. The molecule has 0 spiro atoms. The molecular weight excluding hydrogens is 392 g/mol. The molecule has 0 unspecified atom stereocenters. The Hall–Kier alpha value is -4.53. The second kappa shape index (κ2) is 7.71. The Labute approximate surface area is 177 Å². The fourth-order valence-corrected chi connectivity index (χ4v) is 3.34. The Balaban J connectivity index is 1.54. The second-order valence-corrected chi connectivity index (χ2v) is 6.72. The van der Waals surface area contributed by atoms with Gasteiger partial charge in [-0.2, -0.15) is 0 Å². The number of nitrogens with zero attached hydrogens (tertiary/aromatic N) is 6. The number of nitrogen functional groups attached to an aromatic ring is 1. The average Bonchev–Trinajstić information content (AvgIpc) is 3.15. The smallest absolute Gasteiger partial charge is 0.166 e. The highest BCUT2D eigenvalue weighted by Gasteiger charge is 2.17. The molecule has 0 aliphatic heterocycles. The lowest BCUT2D eigenvalue weighted by atomic mass is 10.1. The van der Waals surface area contributed by atoms with Crippen molar-refractivity contribution in [2.45, 2.75) is 0 Å². The number of benzene rings is 1. The first-order valence-corrected chi connectivity index (χ1v) is 9.49. The van der Waals surface area contributed by atoms with E-state index in [9.17, 15) is 0 Å². The first kappa shape index (κ1) is 18.5. The summed E-state index contributed by atoms with van der Waals surface area (Å²) in [7, 11) is 1.62. The number of rotatable bonds is 5. The molecule has 3 N–H and O–H groups in total. The summed E-state index contributed by atoms with van der Waals surface area (Å²) >= 11 is 0. The molecule has 0 fully saturated rings. The lowest BCUT2D eigenvalue weighted by Gasteiger charge is -2.10. The van der Waals surface area contributed by atoms with E-state index in [0.717, 1.165) is 16.8 Å². The number of hydrogen-bond acceptors (Lipinski definition) is 8. The maximum atomic E-state index is 6.24. The number of hydrogen-bond donors (Lipinski definition) is 2. The summed E-state index contributed by atoms with van der Waals surface area (Å²) in [5, 5.41) is 7.69. The zero-order valence-electron chi connectivity index (χ0n) is 16.6. The van der Waals surface area contributed by atoms with Gasteiger partial charge in [0.25, 0.3) is 0 Å². The van der Waals surface area contributed by atoms with Crippen molar-refractivity contribution in [3.05, 3.63) is 73.6 Å². The van der Waals surface area contributed by atoms with Crippen LogP contribution in [0.3, 0.4) is 0 Å². The number of fused-ring (bicyclic) bond motifs is 1. The molecule has 0 amide bonds. The molecule has 0 saturated carbocycles. The zero-order chi connectivity index (χ0) is 21.2. The molecule has 9 nitrogen and oxygen atoms in total. The van der Waals surface area contributed by atoms with Gasteiger partial charge in [-0.3, -0.25) is 4.98 Å². The predicted molar refractivity (Wildman–Crippen MR) is 118 cm³/mol. The van der Waals surface area contributed by atoms with Crippen molar-refractivity contribution in [3.8, 4) is 28.1 Å². The Bertz CT molecular complexity index is 1370. The van der Waals surface area contributed by atoms with Crippen LogP contribution in [-0.4, -0.2) is 36.7 Å². The molecule has 0 aliphatic rings. The van der Waals surface area contributed by atoms with E-state index in [1.165, 1.54) is 6.33 Å². The second-order valence-electron chi connectivity index (χ2n) is 6.72. The Morgan fingerprint density at radius 2 is 1.84 bits per heavy atom. The van der Waals surface area contributed by atoms with Crippen molar-refractivity contribution >= 4 is 23.0 Å². The number of pyridine rings is 1. The van der Waals surface area contributed by atoms with Gasteiger partial charge in [-0.1, -0.05) is 12.1 Å². The normalized spacial score (nSPS) is 10.9. The maximum Gasteiger partial charge on any atom is 0.166 e. The van der Waals surface area contributed by atoms with E-state index in [1.807, 2.05) is 42.6 Å². The molecule has 0 bridgehead atoms. The summed E-state index contributed by atoms with van der Waals surface area (Å²) in [5.41, 5.74) is 10.8. The van der Waals surface area contributed by atoms with Crippen LogP contribution < -0.4 is 15.8 Å². The molecule has 9 heteroatoms. The minimum absolute atomic E-state index is 0.335. The number of ether oxygens (including phenoxy) is 1. The van der Waals surface area contributed by atoms with Crippen molar-refractivity contribution < 1.29 is 4.74 Å². The standard InChI is InChI=1S/C22H18N8O/c1-31-18-5-3-2-4-16(18)28-19-10-17(26-13-27-19)20-21(23)29-30-12-15(11-25-22(20)30)14-6-8-24-9-7-14/h2-13H,1H3,(H2,23,29)(H,26,27,28). The van der Waals surface area contributed by atoms with E-state index >= 15 is 0 Å². The van der Waals surface area contributed by atoms with Gasteiger partial charge in [0.15, 0.2) is 11.5 Å². The molecule has 0 atom stereocenters. The molecule has 31 heavy (non-hydrogen) atoms. The average molecular weight is 410 g/mol. The van der Waals surface area contributed by atoms with Crippen molar-refractivity contribution in [1.29, 1.82) is 0 Å². The third kappa shape index (κ3) is 3.48. The van der Waals surface area contributed by atoms with Crippen LogP contribution in [0.4, 0.5) is 17.3 Å². The van der Waals surface area contributed by atoms with Crippen LogP contribution in [0.2, 0.25) is 0 Å². The van der Waals surface area contributed by atoms with E-state index < -0.39 is 0 Å². The molecule has 4 aromatic heterocycles. The number of methoxy groups -OCH3 is 1. The molecular formula is C22H18N8O. The molecule has 0 radical (unpaired) electrons. The monoisotopic (exact) mass is 410 g/mol. The quantitative estimate of drug-likeness (QED) is 0.452. The highest BCUT2D eigenvalue weighted by molar-refractivity contribution is 5.85. The maximum absolute atomic E-state index is 6.24. The van der Waals surface area contributed by atoms with Crippen molar-refractivity contribution in [2.75, 3.05) is 18.2 Å². The van der Waals surface area contributed by atoms with Gasteiger partial charge in [-0.25, -0.2) is 19.5 Å². The predicted octanol–water partition coefficient (Wildman–Crippen LogP) is 3.58. The largest absolute Gasteiger partial charge is 0.495 e. The van der Waals surface area contributed by atoms with Gasteiger partial charge in [0.2, 0.25) is 0 Å². The molecule has 152 valence electrons. The fraction of sp³-hybridized carbons (Fsp3) is 0.0455. The number of para-hydroxylation sites is 2. The van der Waals surface area contributed by atoms with Gasteiger partial charge < -0.3 is 15.8 Å². The number of anilines is 3. The van der Waals surface area contributed by atoms with Crippen LogP contribution in [0.1, 0.15) is 0 Å². The third-order valence-electron chi connectivity index (χ3n) is 4.81. The molecule has 5 aromatic rings. The van der Waals surface area contributed by atoms with Gasteiger partial charge in [-0.15, -0.1) is 5.10 Å². The Kier molecular flexibility index (Phi) is 4.60. The topological polar surface area (TPSA) is 116 Å². The van der Waals surface area contributed by atoms with E-state index in [-0.39, 0.29) is 0 Å². The van der Waals surface area contributed by atoms with Gasteiger partial charge >= 0.3 is 0 Å². The van der Waals surface area contributed by atoms with Crippen LogP contribution in [-0.2, 0) is 0 Å². The van der Waals surface area contributed by atoms with Gasteiger partial charge in [0, 0.05) is 36.4 Å². The van der Waals surface area contributed by atoms with Gasteiger partial charge in [0.05, 0.1) is 24.1 Å². The Morgan fingerprint density at radius 1 is 1.00 bits per heavy atom. The lowest BCUT2D eigenvalue weighted by molar-refractivity contribution is 0.417. The first-order valence-electron chi connectivity index (χ1n) is 9.49. The zero-order valence-corrected chi connectivity index (χ0v) is 16.6. The van der Waals surface area contributed by atoms with E-state index in [0.29, 0.717) is 34.3 Å². The van der Waals surface area contributed by atoms with E-state index in [4.69, 9.17) is 10.5 Å². The van der Waals surface area contributed by atoms with E-state index in [1.54, 1.807) is 36.3 Å². The van der Waals surface area contributed by atoms with Crippen LogP contribution in [0, 0.1) is 0 Å². The van der Waals surface area contributed by atoms with Crippen molar-refractivity contribution in [1.82, 2.24) is 29.5 Å². The summed E-state index contributed by atoms with van der Waals surface area (Å²) in [6, 6.07) is 13.2. The Morgan fingerprint density at radius 3 is 2.68 bits per heavy atom. The SMILES string of the molecule is COc1ccccc1Nc1cc(-c2c(N)nn3cc(-c4ccncc4)cnc23)ncn1. The minimum atomic E-state index is 0.335. The minimum Gasteiger partial charge on any atom is -0.495 e. The highest BCUT2D eigenvalue weighted by atomic mass is 16.5. The lowest BCUT2D eigenvalue weighted by Crippen LogP contribution is -1.98. The van der Waals surface area contributed by atoms with Crippen molar-refractivity contribution in [2.24, 2.45) is 0 Å². The van der Waals surface area contributed by atoms with E-state index in [2.05, 4.69) is 30.4 Å². The highest BCUT2D eigenvalue weighted by Crippen LogP contribution is 2.31. The molecule has 5 rings (SSSR count). The summed E-state index contributed by atoms with van der Waals surface area (Å²) in [4.78, 5) is 17.3. The van der Waals surface area contributed by atoms with Crippen LogP contribution in [0.25, 0.3) is 28.0 Å². The van der Waals surface area contributed by atoms with Crippen molar-refractivity contribution in [3.63, 3.8) is 0 Å². The third-order valence-corrected chi connectivity index (χ3v) is 4.81. The molecule has 0 aliphatic carbocycles. The number of nitrogens with one attached hydrogen (secondary N) is 1. The van der Waals surface area contributed by atoms with Crippen LogP contribution >= 0.6 is 0 Å². The number of aromatic nitrogens is 6. The first-order chi connectivity index (χ1) is 15.2. The molecule has 0 saturated heterocycles. The van der Waals surface area contributed by atoms with Crippen LogP contribution in [0.15, 0.2) is 73.6 Å².